The number of amides is 1. The molecule has 1 unspecified atom stereocenters. The molecule has 0 saturated carbocycles. The summed E-state index contributed by atoms with van der Waals surface area (Å²) in [4.78, 5) is 63.0. The van der Waals surface area contributed by atoms with Crippen molar-refractivity contribution < 1.29 is 28.8 Å². The second kappa shape index (κ2) is 9.91. The van der Waals surface area contributed by atoms with Gasteiger partial charge in [-0.25, -0.2) is 0 Å². The van der Waals surface area contributed by atoms with Gasteiger partial charge in [0.05, 0.1) is 24.0 Å². The minimum atomic E-state index is -0.863. The van der Waals surface area contributed by atoms with Crippen LogP contribution in [-0.2, 0) is 9.53 Å². The van der Waals surface area contributed by atoms with Crippen molar-refractivity contribution in [3.8, 4) is 0 Å². The fraction of sp³-hybridized carbons (Fsp3) is 0.185. The number of nitrogens with zero attached hydrogens (tertiary/aromatic N) is 1. The largest absolute Gasteiger partial charge is 0.466 e. The van der Waals surface area contributed by atoms with E-state index in [0.717, 1.165) is 11.6 Å². The Bertz CT molecular complexity index is 1410. The zero-order valence-electron chi connectivity index (χ0n) is 19.6. The molecule has 0 spiro atoms. The third kappa shape index (κ3) is 4.50. The van der Waals surface area contributed by atoms with E-state index in [4.69, 9.17) is 4.74 Å². The summed E-state index contributed by atoms with van der Waals surface area (Å²) in [5.74, 6) is -2.66. The van der Waals surface area contributed by atoms with Gasteiger partial charge in [-0.2, -0.15) is 0 Å². The molecule has 0 fully saturated rings. The maximum absolute atomic E-state index is 13.3. The van der Waals surface area contributed by atoms with Crippen molar-refractivity contribution in [2.75, 3.05) is 6.61 Å². The summed E-state index contributed by atoms with van der Waals surface area (Å²) in [5, 5.41) is 14.8. The van der Waals surface area contributed by atoms with Crippen molar-refractivity contribution in [3.05, 3.63) is 110 Å². The van der Waals surface area contributed by atoms with Crippen molar-refractivity contribution in [2.24, 2.45) is 0 Å². The van der Waals surface area contributed by atoms with Crippen LogP contribution < -0.4 is 5.32 Å². The van der Waals surface area contributed by atoms with E-state index in [1.165, 1.54) is 18.2 Å². The van der Waals surface area contributed by atoms with Gasteiger partial charge in [-0.1, -0.05) is 54.1 Å². The molecule has 1 amide bonds. The lowest BCUT2D eigenvalue weighted by Crippen LogP contribution is -2.32. The van der Waals surface area contributed by atoms with Crippen LogP contribution in [0.5, 0.6) is 0 Å². The Hall–Kier alpha value is -4.66. The van der Waals surface area contributed by atoms with Gasteiger partial charge in [-0.15, -0.1) is 0 Å². The maximum atomic E-state index is 13.3. The highest BCUT2D eigenvalue weighted by molar-refractivity contribution is 6.30. The monoisotopic (exact) mass is 486 g/mol. The van der Waals surface area contributed by atoms with Crippen LogP contribution in [0.1, 0.15) is 72.7 Å². The Kier molecular flexibility index (Phi) is 6.73. The van der Waals surface area contributed by atoms with Gasteiger partial charge in [0.1, 0.15) is 11.1 Å². The Morgan fingerprint density at radius 2 is 1.58 bits per heavy atom. The van der Waals surface area contributed by atoms with Gasteiger partial charge in [0.25, 0.3) is 11.6 Å². The van der Waals surface area contributed by atoms with E-state index >= 15 is 0 Å². The number of carbonyl (C=O) groups excluding carboxylic acids is 4. The van der Waals surface area contributed by atoms with Gasteiger partial charge in [-0.3, -0.25) is 29.3 Å². The van der Waals surface area contributed by atoms with E-state index in [1.807, 2.05) is 19.1 Å². The molecule has 9 heteroatoms. The Morgan fingerprint density at radius 1 is 0.944 bits per heavy atom. The molecule has 0 saturated heterocycles. The molecule has 1 aliphatic rings. The first kappa shape index (κ1) is 24.5. The molecule has 36 heavy (non-hydrogen) atoms. The zero-order valence-corrected chi connectivity index (χ0v) is 19.6. The van der Waals surface area contributed by atoms with Gasteiger partial charge in [0.2, 0.25) is 5.78 Å². The molecule has 4 rings (SSSR count). The van der Waals surface area contributed by atoms with Crippen LogP contribution in [0.2, 0.25) is 0 Å². The van der Waals surface area contributed by atoms with Crippen LogP contribution >= 0.6 is 0 Å². The fourth-order valence-corrected chi connectivity index (χ4v) is 4.22. The standard InChI is InChI=1S/C27H22N2O7/c1-3-36-22(30)14-21(16-10-8-15(2)9-11-16)28-27(33)20-13-12-19-23(24(20)29(34)35)26(32)18-7-5-4-6-17(18)25(19)31/h4-13,21H,3,14H2,1-2H3,(H,28,33). The number of aryl methyl sites for hydroxylation is 1. The number of nitro groups is 1. The predicted molar refractivity (Wildman–Crippen MR) is 129 cm³/mol. The molecular formula is C27H22N2O7. The summed E-state index contributed by atoms with van der Waals surface area (Å²) in [6.07, 6.45) is -0.202. The molecule has 0 aromatic heterocycles. The Labute approximate surface area is 206 Å². The van der Waals surface area contributed by atoms with Gasteiger partial charge < -0.3 is 10.1 Å². The number of hydrogen-bond donors (Lipinski definition) is 1. The summed E-state index contributed by atoms with van der Waals surface area (Å²) in [7, 11) is 0. The number of hydrogen-bond acceptors (Lipinski definition) is 7. The van der Waals surface area contributed by atoms with Crippen molar-refractivity contribution in [1.82, 2.24) is 5.32 Å². The molecule has 0 bridgehead atoms. The average molecular weight is 486 g/mol. The average Bonchev–Trinajstić information content (AvgIpc) is 2.86. The molecule has 182 valence electrons. The normalized spacial score (nSPS) is 12.8. The predicted octanol–water partition coefficient (Wildman–Crippen LogP) is 4.10. The zero-order chi connectivity index (χ0) is 26.0. The lowest BCUT2D eigenvalue weighted by Gasteiger charge is -2.21. The Balaban J connectivity index is 1.76. The van der Waals surface area contributed by atoms with Crippen molar-refractivity contribution in [1.29, 1.82) is 0 Å². The molecule has 1 atom stereocenters. The molecule has 3 aromatic rings. The third-order valence-corrected chi connectivity index (χ3v) is 5.95. The molecule has 1 aliphatic carbocycles. The molecular weight excluding hydrogens is 464 g/mol. The highest BCUT2D eigenvalue weighted by Gasteiger charge is 2.39. The van der Waals surface area contributed by atoms with Crippen molar-refractivity contribution >= 4 is 29.1 Å². The first-order valence-corrected chi connectivity index (χ1v) is 11.3. The Morgan fingerprint density at radius 3 is 2.19 bits per heavy atom. The van der Waals surface area contributed by atoms with Gasteiger partial charge >= 0.3 is 5.97 Å². The molecule has 0 aliphatic heterocycles. The van der Waals surface area contributed by atoms with Gasteiger partial charge in [-0.05, 0) is 31.5 Å². The quantitative estimate of drug-likeness (QED) is 0.236. The minimum Gasteiger partial charge on any atom is -0.466 e. The van der Waals surface area contributed by atoms with Crippen LogP contribution in [0, 0.1) is 17.0 Å². The third-order valence-electron chi connectivity index (χ3n) is 5.95. The smallest absolute Gasteiger partial charge is 0.308 e. The summed E-state index contributed by atoms with van der Waals surface area (Å²) in [6, 6.07) is 14.7. The highest BCUT2D eigenvalue weighted by atomic mass is 16.6. The first-order valence-electron chi connectivity index (χ1n) is 11.3. The number of nitro benzene ring substituents is 1. The number of ether oxygens (including phenoxy) is 1. The number of esters is 1. The van der Waals surface area contributed by atoms with E-state index in [0.29, 0.717) is 5.56 Å². The number of ketones is 2. The number of carbonyl (C=O) groups is 4. The van der Waals surface area contributed by atoms with E-state index in [9.17, 15) is 29.3 Å². The topological polar surface area (TPSA) is 133 Å². The lowest BCUT2D eigenvalue weighted by atomic mass is 9.82. The number of fused-ring (bicyclic) bond motifs is 2. The molecule has 0 radical (unpaired) electrons. The van der Waals surface area contributed by atoms with Crippen LogP contribution in [0.25, 0.3) is 0 Å². The van der Waals surface area contributed by atoms with Crippen LogP contribution in [0.3, 0.4) is 0 Å². The second-order valence-electron chi connectivity index (χ2n) is 8.29. The summed E-state index contributed by atoms with van der Waals surface area (Å²) in [5.41, 5.74) is 0.0523. The SMILES string of the molecule is CCOC(=O)CC(NC(=O)c1ccc2c(c1[N+](=O)[O-])C(=O)c1ccccc1C2=O)c1ccc(C)cc1. The summed E-state index contributed by atoms with van der Waals surface area (Å²) in [6.45, 7) is 3.70. The number of benzene rings is 3. The summed E-state index contributed by atoms with van der Waals surface area (Å²) < 4.78 is 5.02. The van der Waals surface area contributed by atoms with Crippen LogP contribution in [0.15, 0.2) is 60.7 Å². The highest BCUT2D eigenvalue weighted by Crippen LogP contribution is 2.36. The van der Waals surface area contributed by atoms with Crippen molar-refractivity contribution in [2.45, 2.75) is 26.3 Å². The van der Waals surface area contributed by atoms with E-state index in [2.05, 4.69) is 5.32 Å². The maximum Gasteiger partial charge on any atom is 0.308 e. The number of nitrogens with one attached hydrogen (secondary N) is 1. The molecule has 1 N–H and O–H groups in total. The van der Waals surface area contributed by atoms with Crippen LogP contribution in [-0.4, -0.2) is 35.0 Å². The minimum absolute atomic E-state index is 0.0375. The van der Waals surface area contributed by atoms with Gasteiger partial charge in [0.15, 0.2) is 5.78 Å². The van der Waals surface area contributed by atoms with E-state index < -0.39 is 45.7 Å². The first-order chi connectivity index (χ1) is 17.2. The van der Waals surface area contributed by atoms with E-state index in [-0.39, 0.29) is 35.3 Å². The molecule has 0 heterocycles. The summed E-state index contributed by atoms with van der Waals surface area (Å²) >= 11 is 0. The van der Waals surface area contributed by atoms with E-state index in [1.54, 1.807) is 31.2 Å². The fourth-order valence-electron chi connectivity index (χ4n) is 4.22. The van der Waals surface area contributed by atoms with Gasteiger partial charge in [0, 0.05) is 16.7 Å². The van der Waals surface area contributed by atoms with Crippen molar-refractivity contribution in [3.63, 3.8) is 0 Å². The van der Waals surface area contributed by atoms with Crippen LogP contribution in [0.4, 0.5) is 5.69 Å². The molecule has 3 aromatic carbocycles. The second-order valence-corrected chi connectivity index (χ2v) is 8.29. The molecule has 9 nitrogen and oxygen atoms in total. The number of rotatable bonds is 7. The lowest BCUT2D eigenvalue weighted by molar-refractivity contribution is -0.385.